The number of hydrogen-bond acceptors (Lipinski definition) is 5. The predicted octanol–water partition coefficient (Wildman–Crippen LogP) is 1.27. The molecule has 0 spiro atoms. The highest BCUT2D eigenvalue weighted by molar-refractivity contribution is 5.83. The number of ether oxygens (including phenoxy) is 2. The third-order valence-electron chi connectivity index (χ3n) is 5.80. The molecule has 1 aromatic rings. The van der Waals surface area contributed by atoms with E-state index in [0.29, 0.717) is 26.2 Å². The van der Waals surface area contributed by atoms with Crippen molar-refractivity contribution >= 4 is 11.9 Å². The maximum absolute atomic E-state index is 12.6. The van der Waals surface area contributed by atoms with Crippen LogP contribution in [-0.2, 0) is 20.7 Å². The Morgan fingerprint density at radius 2 is 1.90 bits per heavy atom. The van der Waals surface area contributed by atoms with Crippen LogP contribution in [0.4, 0.5) is 0 Å². The molecule has 0 aromatic carbocycles. The van der Waals surface area contributed by atoms with Gasteiger partial charge >= 0.3 is 0 Å². The number of aliphatic imine (C=N–C) groups is 1. The molecule has 0 aliphatic carbocycles. The Morgan fingerprint density at radius 1 is 1.10 bits per heavy atom. The van der Waals surface area contributed by atoms with E-state index < -0.39 is 0 Å². The summed E-state index contributed by atoms with van der Waals surface area (Å²) >= 11 is 0. The highest BCUT2D eigenvalue weighted by Crippen LogP contribution is 2.16. The van der Waals surface area contributed by atoms with E-state index in [1.807, 2.05) is 17.0 Å². The predicted molar refractivity (Wildman–Crippen MR) is 109 cm³/mol. The van der Waals surface area contributed by atoms with Gasteiger partial charge in [-0.25, -0.2) is 0 Å². The number of furan rings is 1. The minimum atomic E-state index is -0.236. The molecule has 3 fully saturated rings. The first-order chi connectivity index (χ1) is 14.3. The van der Waals surface area contributed by atoms with Gasteiger partial charge in [-0.1, -0.05) is 0 Å². The lowest BCUT2D eigenvalue weighted by Crippen LogP contribution is -2.55. The average Bonchev–Trinajstić information content (AvgIpc) is 3.53. The van der Waals surface area contributed by atoms with Gasteiger partial charge in [-0.2, -0.15) is 0 Å². The van der Waals surface area contributed by atoms with Gasteiger partial charge in [0.2, 0.25) is 0 Å². The number of piperazine rings is 1. The van der Waals surface area contributed by atoms with Crippen LogP contribution in [0, 0.1) is 0 Å². The third-order valence-corrected chi connectivity index (χ3v) is 5.80. The Hall–Kier alpha value is -2.06. The van der Waals surface area contributed by atoms with E-state index in [1.54, 1.807) is 6.26 Å². The van der Waals surface area contributed by atoms with Gasteiger partial charge in [-0.05, 0) is 37.8 Å². The van der Waals surface area contributed by atoms with Crippen LogP contribution >= 0.6 is 0 Å². The first-order valence-corrected chi connectivity index (χ1v) is 10.9. The fraction of sp³-hybridized carbons (Fsp3) is 0.714. The molecule has 160 valence electrons. The molecule has 1 aromatic heterocycles. The Kier molecular flexibility index (Phi) is 7.05. The van der Waals surface area contributed by atoms with Crippen LogP contribution in [0.3, 0.4) is 0 Å². The molecule has 3 saturated heterocycles. The van der Waals surface area contributed by atoms with Crippen molar-refractivity contribution in [2.45, 2.75) is 44.3 Å². The number of carbonyl (C=O) groups excluding carboxylic acids is 1. The summed E-state index contributed by atoms with van der Waals surface area (Å²) in [5, 5.41) is 3.48. The van der Waals surface area contributed by atoms with E-state index in [4.69, 9.17) is 18.9 Å². The zero-order valence-corrected chi connectivity index (χ0v) is 17.1. The lowest BCUT2D eigenvalue weighted by atomic mass is 10.2. The van der Waals surface area contributed by atoms with Crippen molar-refractivity contribution in [3.8, 4) is 0 Å². The zero-order valence-electron chi connectivity index (χ0n) is 17.1. The second kappa shape index (κ2) is 10.1. The van der Waals surface area contributed by atoms with E-state index in [0.717, 1.165) is 70.1 Å². The fourth-order valence-corrected chi connectivity index (χ4v) is 4.11. The van der Waals surface area contributed by atoms with Crippen LogP contribution in [-0.4, -0.2) is 86.4 Å². The van der Waals surface area contributed by atoms with Crippen molar-refractivity contribution in [3.63, 3.8) is 0 Å². The highest BCUT2D eigenvalue weighted by Gasteiger charge is 2.31. The van der Waals surface area contributed by atoms with Crippen LogP contribution in [0.2, 0.25) is 0 Å². The van der Waals surface area contributed by atoms with E-state index in [-0.39, 0.29) is 18.1 Å². The number of amides is 1. The van der Waals surface area contributed by atoms with Crippen LogP contribution in [0.15, 0.2) is 27.8 Å². The maximum atomic E-state index is 12.6. The summed E-state index contributed by atoms with van der Waals surface area (Å²) in [5.74, 6) is 2.00. The van der Waals surface area contributed by atoms with E-state index in [9.17, 15) is 4.79 Å². The van der Waals surface area contributed by atoms with Crippen molar-refractivity contribution in [1.82, 2.24) is 15.1 Å². The maximum Gasteiger partial charge on any atom is 0.251 e. The number of hydrogen-bond donors (Lipinski definition) is 1. The molecule has 0 bridgehead atoms. The third kappa shape index (κ3) is 5.51. The summed E-state index contributed by atoms with van der Waals surface area (Å²) in [7, 11) is 0. The molecule has 2 atom stereocenters. The molecule has 8 nitrogen and oxygen atoms in total. The number of nitrogens with zero attached hydrogens (tertiary/aromatic N) is 3. The van der Waals surface area contributed by atoms with Crippen LogP contribution in [0.1, 0.15) is 31.4 Å². The number of guanidine groups is 1. The molecule has 0 radical (unpaired) electrons. The molecular formula is C21H32N4O4. The van der Waals surface area contributed by atoms with Crippen LogP contribution in [0.5, 0.6) is 0 Å². The van der Waals surface area contributed by atoms with Crippen LogP contribution in [0.25, 0.3) is 0 Å². The molecule has 1 amide bonds. The SMILES string of the molecule is O=C(C1CCCO1)N1CCN(C(=NCC2CCCO2)NCCc2ccco2)CC1. The normalized spacial score (nSPS) is 25.6. The summed E-state index contributed by atoms with van der Waals surface area (Å²) < 4.78 is 16.7. The molecule has 1 N–H and O–H groups in total. The number of rotatable bonds is 6. The van der Waals surface area contributed by atoms with Gasteiger partial charge in [0.25, 0.3) is 5.91 Å². The molecule has 3 aliphatic rings. The zero-order chi connectivity index (χ0) is 19.9. The molecule has 8 heteroatoms. The van der Waals surface area contributed by atoms with E-state index >= 15 is 0 Å². The molecule has 29 heavy (non-hydrogen) atoms. The number of carbonyl (C=O) groups is 1. The molecular weight excluding hydrogens is 372 g/mol. The topological polar surface area (TPSA) is 79.5 Å². The van der Waals surface area contributed by atoms with Crippen molar-refractivity contribution < 1.29 is 18.7 Å². The van der Waals surface area contributed by atoms with Crippen molar-refractivity contribution in [3.05, 3.63) is 24.2 Å². The second-order valence-corrected chi connectivity index (χ2v) is 7.87. The summed E-state index contributed by atoms with van der Waals surface area (Å²) in [6.45, 7) is 5.94. The molecule has 2 unspecified atom stereocenters. The number of nitrogens with one attached hydrogen (secondary N) is 1. The Labute approximate surface area is 172 Å². The van der Waals surface area contributed by atoms with E-state index in [1.165, 1.54) is 0 Å². The average molecular weight is 405 g/mol. The smallest absolute Gasteiger partial charge is 0.251 e. The van der Waals surface area contributed by atoms with E-state index in [2.05, 4.69) is 10.2 Å². The quantitative estimate of drug-likeness (QED) is 0.568. The first kappa shape index (κ1) is 20.2. The Bertz CT molecular complexity index is 658. The highest BCUT2D eigenvalue weighted by atomic mass is 16.5. The standard InChI is InChI=1S/C21H32N4O4/c26-20(19-6-3-15-29-19)24-9-11-25(12-10-24)21(23-16-18-5-2-14-28-18)22-8-7-17-4-1-13-27-17/h1,4,13,18-19H,2-3,5-12,14-16H2,(H,22,23). The lowest BCUT2D eigenvalue weighted by Gasteiger charge is -2.37. The minimum absolute atomic E-state index is 0.144. The molecule has 3 aliphatic heterocycles. The Balaban J connectivity index is 1.31. The first-order valence-electron chi connectivity index (χ1n) is 10.9. The second-order valence-electron chi connectivity index (χ2n) is 7.87. The Morgan fingerprint density at radius 3 is 2.59 bits per heavy atom. The molecule has 4 heterocycles. The summed E-state index contributed by atoms with van der Waals surface area (Å²) in [6, 6.07) is 3.90. The lowest BCUT2D eigenvalue weighted by molar-refractivity contribution is -0.142. The van der Waals surface area contributed by atoms with Crippen LogP contribution < -0.4 is 5.32 Å². The van der Waals surface area contributed by atoms with Gasteiger partial charge in [0.05, 0.1) is 18.9 Å². The van der Waals surface area contributed by atoms with Gasteiger partial charge in [0.1, 0.15) is 11.9 Å². The van der Waals surface area contributed by atoms with Gasteiger partial charge in [-0.3, -0.25) is 9.79 Å². The van der Waals surface area contributed by atoms with Gasteiger partial charge in [-0.15, -0.1) is 0 Å². The monoisotopic (exact) mass is 404 g/mol. The molecule has 0 saturated carbocycles. The van der Waals surface area contributed by atoms with Gasteiger partial charge < -0.3 is 29.0 Å². The summed E-state index contributed by atoms with van der Waals surface area (Å²) in [6.07, 6.45) is 6.52. The summed E-state index contributed by atoms with van der Waals surface area (Å²) in [4.78, 5) is 21.6. The summed E-state index contributed by atoms with van der Waals surface area (Å²) in [5.41, 5.74) is 0. The van der Waals surface area contributed by atoms with Crippen molar-refractivity contribution in [1.29, 1.82) is 0 Å². The van der Waals surface area contributed by atoms with Crippen molar-refractivity contribution in [2.24, 2.45) is 4.99 Å². The van der Waals surface area contributed by atoms with Crippen molar-refractivity contribution in [2.75, 3.05) is 52.5 Å². The fourth-order valence-electron chi connectivity index (χ4n) is 4.11. The minimum Gasteiger partial charge on any atom is -0.469 e. The molecule has 4 rings (SSSR count). The van der Waals surface area contributed by atoms with Gasteiger partial charge in [0, 0.05) is 52.4 Å². The van der Waals surface area contributed by atoms with Gasteiger partial charge in [0.15, 0.2) is 5.96 Å². The largest absolute Gasteiger partial charge is 0.469 e.